The quantitative estimate of drug-likeness (QED) is 0.592. The highest BCUT2D eigenvalue weighted by Crippen LogP contribution is 2.21. The molecule has 1 aromatic heterocycles. The molecule has 80 valence electrons. The standard InChI is InChI=1S/C9H10N2O4/c1-15-9-7(3-2-4-12)5-8(6-10-9)11(13)14/h2-3,5-6,12H,4H2,1H3. The molecule has 0 aromatic carbocycles. The second-order valence-electron chi connectivity index (χ2n) is 2.63. The van der Waals surface area contributed by atoms with E-state index in [0.29, 0.717) is 5.56 Å². The van der Waals surface area contributed by atoms with E-state index >= 15 is 0 Å². The van der Waals surface area contributed by atoms with Crippen LogP contribution in [0.4, 0.5) is 5.69 Å². The molecule has 0 spiro atoms. The fourth-order valence-corrected chi connectivity index (χ4v) is 1.03. The second-order valence-corrected chi connectivity index (χ2v) is 2.63. The summed E-state index contributed by atoms with van der Waals surface area (Å²) < 4.78 is 4.91. The van der Waals surface area contributed by atoms with Gasteiger partial charge in [-0.05, 0) is 0 Å². The Labute approximate surface area is 86.0 Å². The van der Waals surface area contributed by atoms with E-state index in [0.717, 1.165) is 6.20 Å². The summed E-state index contributed by atoms with van der Waals surface area (Å²) in [5.74, 6) is 0.283. The van der Waals surface area contributed by atoms with Crippen molar-refractivity contribution in [2.75, 3.05) is 13.7 Å². The monoisotopic (exact) mass is 210 g/mol. The molecule has 0 radical (unpaired) electrons. The van der Waals surface area contributed by atoms with Crippen LogP contribution in [-0.4, -0.2) is 28.7 Å². The molecule has 6 heteroatoms. The minimum atomic E-state index is -0.539. The second kappa shape index (κ2) is 5.06. The summed E-state index contributed by atoms with van der Waals surface area (Å²) >= 11 is 0. The average Bonchev–Trinajstić information content (AvgIpc) is 2.25. The topological polar surface area (TPSA) is 85.5 Å². The molecule has 1 N–H and O–H groups in total. The van der Waals surface area contributed by atoms with Gasteiger partial charge in [0.2, 0.25) is 5.88 Å². The number of hydrogen-bond donors (Lipinski definition) is 1. The molecule has 0 unspecified atom stereocenters. The molecule has 1 heterocycles. The Morgan fingerprint density at radius 2 is 2.47 bits per heavy atom. The van der Waals surface area contributed by atoms with E-state index in [2.05, 4.69) is 4.98 Å². The number of ether oxygens (including phenoxy) is 1. The maximum absolute atomic E-state index is 10.5. The molecule has 0 aliphatic heterocycles. The van der Waals surface area contributed by atoms with Crippen molar-refractivity contribution in [2.45, 2.75) is 0 Å². The van der Waals surface area contributed by atoms with Crippen molar-refractivity contribution in [3.8, 4) is 5.88 Å². The van der Waals surface area contributed by atoms with Gasteiger partial charge in [0.15, 0.2) is 0 Å². The first kappa shape index (κ1) is 11.1. The Bertz CT molecular complexity index is 390. The van der Waals surface area contributed by atoms with Gasteiger partial charge in [0, 0.05) is 11.6 Å². The third-order valence-electron chi connectivity index (χ3n) is 1.67. The van der Waals surface area contributed by atoms with Crippen molar-refractivity contribution in [1.82, 2.24) is 4.98 Å². The number of aromatic nitrogens is 1. The Balaban J connectivity index is 3.13. The smallest absolute Gasteiger partial charge is 0.288 e. The van der Waals surface area contributed by atoms with Gasteiger partial charge < -0.3 is 9.84 Å². The maximum Gasteiger partial charge on any atom is 0.288 e. The molecular formula is C9H10N2O4. The van der Waals surface area contributed by atoms with E-state index in [1.54, 1.807) is 0 Å². The predicted octanol–water partition coefficient (Wildman–Crippen LogP) is 1.00. The minimum Gasteiger partial charge on any atom is -0.481 e. The summed E-state index contributed by atoms with van der Waals surface area (Å²) in [6.45, 7) is -0.147. The molecule has 6 nitrogen and oxygen atoms in total. The number of aliphatic hydroxyl groups excluding tert-OH is 1. The first-order valence-electron chi connectivity index (χ1n) is 4.15. The van der Waals surface area contributed by atoms with Gasteiger partial charge in [-0.15, -0.1) is 0 Å². The zero-order chi connectivity index (χ0) is 11.3. The van der Waals surface area contributed by atoms with E-state index in [1.807, 2.05) is 0 Å². The number of methoxy groups -OCH3 is 1. The van der Waals surface area contributed by atoms with Crippen molar-refractivity contribution < 1.29 is 14.8 Å². The maximum atomic E-state index is 10.5. The SMILES string of the molecule is COc1ncc([N+](=O)[O-])cc1C=CCO. The molecule has 0 fully saturated rings. The molecule has 0 bridgehead atoms. The summed E-state index contributed by atoms with van der Waals surface area (Å²) in [6, 6.07) is 1.33. The third-order valence-corrected chi connectivity index (χ3v) is 1.67. The Hall–Kier alpha value is -1.95. The van der Waals surface area contributed by atoms with Gasteiger partial charge in [-0.2, -0.15) is 0 Å². The number of nitro groups is 1. The van der Waals surface area contributed by atoms with Gasteiger partial charge in [0.05, 0.1) is 18.6 Å². The number of hydrogen-bond acceptors (Lipinski definition) is 5. The van der Waals surface area contributed by atoms with E-state index in [9.17, 15) is 10.1 Å². The lowest BCUT2D eigenvalue weighted by atomic mass is 10.2. The third kappa shape index (κ3) is 2.75. The summed E-state index contributed by atoms with van der Waals surface area (Å²) in [5, 5.41) is 19.1. The van der Waals surface area contributed by atoms with Crippen molar-refractivity contribution in [3.63, 3.8) is 0 Å². The van der Waals surface area contributed by atoms with E-state index < -0.39 is 4.92 Å². The van der Waals surface area contributed by atoms with E-state index in [1.165, 1.54) is 25.3 Å². The fourth-order valence-electron chi connectivity index (χ4n) is 1.03. The Morgan fingerprint density at radius 1 is 1.73 bits per heavy atom. The van der Waals surface area contributed by atoms with Gasteiger partial charge in [0.25, 0.3) is 5.69 Å². The molecular weight excluding hydrogens is 200 g/mol. The molecule has 1 aromatic rings. The summed E-state index contributed by atoms with van der Waals surface area (Å²) in [4.78, 5) is 13.7. The highest BCUT2D eigenvalue weighted by molar-refractivity contribution is 5.57. The van der Waals surface area contributed by atoms with Crippen LogP contribution in [0.3, 0.4) is 0 Å². The average molecular weight is 210 g/mol. The lowest BCUT2D eigenvalue weighted by Crippen LogP contribution is -1.95. The highest BCUT2D eigenvalue weighted by atomic mass is 16.6. The number of rotatable bonds is 4. The van der Waals surface area contributed by atoms with Gasteiger partial charge in [-0.25, -0.2) is 4.98 Å². The number of nitrogens with zero attached hydrogens (tertiary/aromatic N) is 2. The van der Waals surface area contributed by atoms with Gasteiger partial charge in [0.1, 0.15) is 6.20 Å². The number of aliphatic hydroxyl groups is 1. The zero-order valence-corrected chi connectivity index (χ0v) is 8.08. The normalized spacial score (nSPS) is 10.5. The molecule has 0 amide bonds. The molecule has 0 atom stereocenters. The van der Waals surface area contributed by atoms with Crippen molar-refractivity contribution in [1.29, 1.82) is 0 Å². The molecule has 15 heavy (non-hydrogen) atoms. The van der Waals surface area contributed by atoms with Crippen molar-refractivity contribution in [2.24, 2.45) is 0 Å². The van der Waals surface area contributed by atoms with Crippen LogP contribution in [0.5, 0.6) is 5.88 Å². The lowest BCUT2D eigenvalue weighted by Gasteiger charge is -2.02. The van der Waals surface area contributed by atoms with E-state index in [4.69, 9.17) is 9.84 Å². The summed E-state index contributed by atoms with van der Waals surface area (Å²) in [6.07, 6.45) is 4.08. The summed E-state index contributed by atoms with van der Waals surface area (Å²) in [5.41, 5.74) is 0.342. The van der Waals surface area contributed by atoms with Crippen molar-refractivity contribution >= 4 is 11.8 Å². The van der Waals surface area contributed by atoms with Crippen molar-refractivity contribution in [3.05, 3.63) is 34.0 Å². The fraction of sp³-hybridized carbons (Fsp3) is 0.222. The Kier molecular flexibility index (Phi) is 3.75. The highest BCUT2D eigenvalue weighted by Gasteiger charge is 2.10. The van der Waals surface area contributed by atoms with Crippen LogP contribution in [0.25, 0.3) is 6.08 Å². The van der Waals surface area contributed by atoms with E-state index in [-0.39, 0.29) is 18.2 Å². The van der Waals surface area contributed by atoms with Gasteiger partial charge >= 0.3 is 0 Å². The zero-order valence-electron chi connectivity index (χ0n) is 8.08. The van der Waals surface area contributed by atoms with Crippen LogP contribution < -0.4 is 4.74 Å². The first-order valence-corrected chi connectivity index (χ1v) is 4.15. The summed E-state index contributed by atoms with van der Waals surface area (Å²) in [7, 11) is 1.42. The van der Waals surface area contributed by atoms with Gasteiger partial charge in [-0.1, -0.05) is 12.2 Å². The Morgan fingerprint density at radius 3 is 3.00 bits per heavy atom. The van der Waals surface area contributed by atoms with Gasteiger partial charge in [-0.3, -0.25) is 10.1 Å². The molecule has 0 saturated heterocycles. The largest absolute Gasteiger partial charge is 0.481 e. The molecule has 0 aliphatic carbocycles. The van der Waals surface area contributed by atoms with Crippen LogP contribution in [0.1, 0.15) is 5.56 Å². The lowest BCUT2D eigenvalue weighted by molar-refractivity contribution is -0.385. The minimum absolute atomic E-state index is 0.117. The first-order chi connectivity index (χ1) is 7.19. The van der Waals surface area contributed by atoms with Crippen LogP contribution in [0.15, 0.2) is 18.3 Å². The van der Waals surface area contributed by atoms with Crippen LogP contribution >= 0.6 is 0 Å². The molecule has 1 rings (SSSR count). The molecule has 0 saturated carbocycles. The van der Waals surface area contributed by atoms with Crippen LogP contribution in [0, 0.1) is 10.1 Å². The van der Waals surface area contributed by atoms with Crippen LogP contribution in [-0.2, 0) is 0 Å². The van der Waals surface area contributed by atoms with Crippen LogP contribution in [0.2, 0.25) is 0 Å². The predicted molar refractivity (Wildman–Crippen MR) is 53.6 cm³/mol. The molecule has 0 aliphatic rings. The number of pyridine rings is 1.